The Bertz CT molecular complexity index is 304. The van der Waals surface area contributed by atoms with Crippen LogP contribution in [0.1, 0.15) is 5.69 Å². The third-order valence-corrected chi connectivity index (χ3v) is 1.48. The van der Waals surface area contributed by atoms with Crippen molar-refractivity contribution >= 4 is 0 Å². The van der Waals surface area contributed by atoms with Gasteiger partial charge in [0.2, 0.25) is 0 Å². The molecule has 0 fully saturated rings. The molecule has 2 N–H and O–H groups in total. The number of nitrogens with one attached hydrogen (secondary N) is 2. The van der Waals surface area contributed by atoms with Gasteiger partial charge in [-0.3, -0.25) is 15.0 Å². The summed E-state index contributed by atoms with van der Waals surface area (Å²) in [4.78, 5) is 10.8. The van der Waals surface area contributed by atoms with Gasteiger partial charge in [0.05, 0.1) is 12.2 Å². The summed E-state index contributed by atoms with van der Waals surface area (Å²) in [5, 5.41) is 0. The number of nitrogens with zero attached hydrogens (tertiary/aromatic N) is 1. The lowest BCUT2D eigenvalue weighted by Crippen LogP contribution is -2.19. The van der Waals surface area contributed by atoms with Gasteiger partial charge < -0.3 is 0 Å². The molecule has 2 rings (SSSR count). The second kappa shape index (κ2) is 1.85. The first-order valence-electron chi connectivity index (χ1n) is 3.07. The molecule has 0 radical (unpaired) electrons. The van der Waals surface area contributed by atoms with Crippen LogP contribution in [0.15, 0.2) is 23.1 Å². The standard InChI is InChI=1S/C6H7N3O/c10-6-1-2-9-5(3-6)4-7-8-9/h1-3,7-8H,4H2. The maximum absolute atomic E-state index is 10.8. The molecule has 0 spiro atoms. The third-order valence-electron chi connectivity index (χ3n) is 1.48. The minimum atomic E-state index is 0.0525. The second-order valence-electron chi connectivity index (χ2n) is 2.19. The lowest BCUT2D eigenvalue weighted by Gasteiger charge is -1.99. The first-order chi connectivity index (χ1) is 4.86. The minimum Gasteiger partial charge on any atom is -0.290 e. The van der Waals surface area contributed by atoms with Crippen molar-refractivity contribution in [3.63, 3.8) is 0 Å². The van der Waals surface area contributed by atoms with Gasteiger partial charge in [0.25, 0.3) is 0 Å². The summed E-state index contributed by atoms with van der Waals surface area (Å²) in [6, 6.07) is 3.12. The Balaban J connectivity index is 2.63. The van der Waals surface area contributed by atoms with Gasteiger partial charge in [-0.15, -0.1) is 0 Å². The minimum absolute atomic E-state index is 0.0525. The van der Waals surface area contributed by atoms with Gasteiger partial charge in [-0.25, -0.2) is 5.43 Å². The average Bonchev–Trinajstić information content (AvgIpc) is 2.33. The fourth-order valence-corrected chi connectivity index (χ4v) is 0.986. The van der Waals surface area contributed by atoms with E-state index < -0.39 is 0 Å². The van der Waals surface area contributed by atoms with Gasteiger partial charge in [0, 0.05) is 18.3 Å². The summed E-state index contributed by atoms with van der Waals surface area (Å²) in [6.45, 7) is 0.704. The topological polar surface area (TPSA) is 46.1 Å². The smallest absolute Gasteiger partial charge is 0.182 e. The van der Waals surface area contributed by atoms with Gasteiger partial charge in [-0.2, -0.15) is 0 Å². The van der Waals surface area contributed by atoms with Crippen molar-refractivity contribution in [1.29, 1.82) is 0 Å². The van der Waals surface area contributed by atoms with Crippen molar-refractivity contribution in [2.45, 2.75) is 6.54 Å². The monoisotopic (exact) mass is 137 g/mol. The van der Waals surface area contributed by atoms with E-state index in [-0.39, 0.29) is 5.43 Å². The number of aromatic nitrogens is 1. The molecule has 10 heavy (non-hydrogen) atoms. The van der Waals surface area contributed by atoms with Crippen LogP contribution in [0.2, 0.25) is 0 Å². The average molecular weight is 137 g/mol. The van der Waals surface area contributed by atoms with Crippen LogP contribution in [0.25, 0.3) is 0 Å². The van der Waals surface area contributed by atoms with Crippen LogP contribution < -0.4 is 16.4 Å². The Morgan fingerprint density at radius 1 is 1.60 bits per heavy atom. The van der Waals surface area contributed by atoms with E-state index in [9.17, 15) is 4.79 Å². The van der Waals surface area contributed by atoms with Crippen LogP contribution in [0.4, 0.5) is 0 Å². The van der Waals surface area contributed by atoms with Crippen molar-refractivity contribution in [3.05, 3.63) is 34.2 Å². The molecule has 0 aliphatic carbocycles. The number of hydrogen-bond donors (Lipinski definition) is 2. The van der Waals surface area contributed by atoms with Gasteiger partial charge in [0.1, 0.15) is 0 Å². The first kappa shape index (κ1) is 5.49. The molecule has 4 nitrogen and oxygen atoms in total. The highest BCUT2D eigenvalue weighted by molar-refractivity contribution is 5.10. The molecule has 1 aromatic rings. The Kier molecular flexibility index (Phi) is 1.01. The Morgan fingerprint density at radius 3 is 3.40 bits per heavy atom. The number of fused-ring (bicyclic) bond motifs is 1. The van der Waals surface area contributed by atoms with Crippen LogP contribution in [-0.2, 0) is 6.54 Å². The van der Waals surface area contributed by atoms with Crippen molar-refractivity contribution in [2.75, 3.05) is 5.53 Å². The van der Waals surface area contributed by atoms with E-state index in [2.05, 4.69) is 11.0 Å². The number of pyridine rings is 1. The quantitative estimate of drug-likeness (QED) is 0.502. The zero-order valence-corrected chi connectivity index (χ0v) is 5.29. The molecule has 1 aromatic heterocycles. The molecule has 0 saturated carbocycles. The normalized spacial score (nSPS) is 14.4. The van der Waals surface area contributed by atoms with Gasteiger partial charge in [0.15, 0.2) is 5.43 Å². The molecule has 1 aliphatic rings. The summed E-state index contributed by atoms with van der Waals surface area (Å²) in [5.74, 6) is 0. The number of hydrazine groups is 1. The molecule has 4 heteroatoms. The highest BCUT2D eigenvalue weighted by Crippen LogP contribution is 1.97. The molecule has 0 aromatic carbocycles. The first-order valence-corrected chi connectivity index (χ1v) is 3.07. The predicted molar refractivity (Wildman–Crippen MR) is 36.9 cm³/mol. The van der Waals surface area contributed by atoms with Crippen LogP contribution in [0.5, 0.6) is 0 Å². The summed E-state index contributed by atoms with van der Waals surface area (Å²) < 4.78 is 1.78. The van der Waals surface area contributed by atoms with E-state index in [1.165, 1.54) is 6.07 Å². The molecular weight excluding hydrogens is 130 g/mol. The molecule has 0 atom stereocenters. The summed E-state index contributed by atoms with van der Waals surface area (Å²) in [6.07, 6.45) is 1.71. The van der Waals surface area contributed by atoms with E-state index >= 15 is 0 Å². The SMILES string of the molecule is O=c1ccn2c(c1)CNN2. The van der Waals surface area contributed by atoms with Crippen LogP contribution in [-0.4, -0.2) is 4.68 Å². The molecule has 1 aliphatic heterocycles. The fourth-order valence-electron chi connectivity index (χ4n) is 0.986. The van der Waals surface area contributed by atoms with Crippen molar-refractivity contribution in [3.8, 4) is 0 Å². The Hall–Kier alpha value is -1.29. The highest BCUT2D eigenvalue weighted by Gasteiger charge is 2.05. The maximum Gasteiger partial charge on any atom is 0.182 e. The van der Waals surface area contributed by atoms with E-state index in [4.69, 9.17) is 0 Å². The molecule has 2 heterocycles. The largest absolute Gasteiger partial charge is 0.290 e. The molecule has 0 amide bonds. The Morgan fingerprint density at radius 2 is 2.50 bits per heavy atom. The third kappa shape index (κ3) is 0.698. The maximum atomic E-state index is 10.8. The van der Waals surface area contributed by atoms with E-state index in [0.29, 0.717) is 6.54 Å². The van der Waals surface area contributed by atoms with Crippen LogP contribution in [0, 0.1) is 0 Å². The number of rotatable bonds is 0. The van der Waals surface area contributed by atoms with E-state index in [1.807, 2.05) is 0 Å². The lowest BCUT2D eigenvalue weighted by atomic mass is 10.3. The van der Waals surface area contributed by atoms with Crippen molar-refractivity contribution in [1.82, 2.24) is 10.1 Å². The summed E-state index contributed by atoms with van der Waals surface area (Å²) in [7, 11) is 0. The van der Waals surface area contributed by atoms with Crippen molar-refractivity contribution < 1.29 is 0 Å². The summed E-state index contributed by atoms with van der Waals surface area (Å²) >= 11 is 0. The zero-order chi connectivity index (χ0) is 6.97. The number of hydrogen-bond acceptors (Lipinski definition) is 3. The van der Waals surface area contributed by atoms with Gasteiger partial charge in [-0.05, 0) is 0 Å². The van der Waals surface area contributed by atoms with E-state index in [0.717, 1.165) is 5.69 Å². The van der Waals surface area contributed by atoms with E-state index in [1.54, 1.807) is 16.9 Å². The highest BCUT2D eigenvalue weighted by atomic mass is 16.1. The van der Waals surface area contributed by atoms with Crippen LogP contribution >= 0.6 is 0 Å². The molecular formula is C6H7N3O. The predicted octanol–water partition coefficient (Wildman–Crippen LogP) is -0.590. The second-order valence-corrected chi connectivity index (χ2v) is 2.19. The molecule has 52 valence electrons. The molecule has 0 saturated heterocycles. The Labute approximate surface area is 57.4 Å². The fraction of sp³-hybridized carbons (Fsp3) is 0.167. The van der Waals surface area contributed by atoms with Crippen molar-refractivity contribution in [2.24, 2.45) is 0 Å². The summed E-state index contributed by atoms with van der Waals surface area (Å²) in [5.41, 5.74) is 6.76. The molecule has 0 bridgehead atoms. The zero-order valence-electron chi connectivity index (χ0n) is 5.29. The lowest BCUT2D eigenvalue weighted by molar-refractivity contribution is 0.804. The van der Waals surface area contributed by atoms with Gasteiger partial charge >= 0.3 is 0 Å². The van der Waals surface area contributed by atoms with Gasteiger partial charge in [-0.1, -0.05) is 0 Å². The molecule has 0 unspecified atom stereocenters. The van der Waals surface area contributed by atoms with Crippen LogP contribution in [0.3, 0.4) is 0 Å².